The van der Waals surface area contributed by atoms with E-state index in [1.807, 2.05) is 12.1 Å². The van der Waals surface area contributed by atoms with E-state index in [1.165, 1.54) is 12.8 Å². The lowest BCUT2D eigenvalue weighted by Crippen LogP contribution is -2.37. The molecule has 6 heteroatoms. The van der Waals surface area contributed by atoms with E-state index in [4.69, 9.17) is 16.3 Å². The molecule has 1 saturated carbocycles. The van der Waals surface area contributed by atoms with Gasteiger partial charge >= 0.3 is 6.03 Å². The monoisotopic (exact) mass is 428 g/mol. The number of hydrogen-bond acceptors (Lipinski definition) is 3. The first kappa shape index (κ1) is 22.2. The Balaban J connectivity index is 1.52. The molecule has 3 rings (SSSR count). The highest BCUT2D eigenvalue weighted by atomic mass is 35.5. The number of anilines is 1. The molecule has 2 aromatic carbocycles. The molecule has 1 aliphatic rings. The fourth-order valence-electron chi connectivity index (χ4n) is 3.89. The maximum absolute atomic E-state index is 12.2. The van der Waals surface area contributed by atoms with E-state index in [1.54, 1.807) is 36.4 Å². The average molecular weight is 429 g/mol. The number of carbonyl (C=O) groups excluding carboxylic acids is 2. The smallest absolute Gasteiger partial charge is 0.326 e. The Hall–Kier alpha value is -2.53. The van der Waals surface area contributed by atoms with Crippen molar-refractivity contribution < 1.29 is 14.3 Å². The van der Waals surface area contributed by atoms with Crippen LogP contribution in [0.25, 0.3) is 0 Å². The normalized spacial score (nSPS) is 21.2. The van der Waals surface area contributed by atoms with Crippen LogP contribution in [0.5, 0.6) is 5.75 Å². The van der Waals surface area contributed by atoms with E-state index >= 15 is 0 Å². The van der Waals surface area contributed by atoms with Crippen molar-refractivity contribution in [2.45, 2.75) is 52.1 Å². The van der Waals surface area contributed by atoms with Crippen molar-refractivity contribution in [3.05, 3.63) is 59.1 Å². The predicted molar refractivity (Wildman–Crippen MR) is 120 cm³/mol. The second kappa shape index (κ2) is 9.52. The SMILES string of the molecule is CC(C)C1CCC(C)(Oc2ccc(NC(=O)NC(=O)c3ccccc3Cl)cc2)CC1. The molecule has 0 bridgehead atoms. The van der Waals surface area contributed by atoms with Gasteiger partial charge in [0, 0.05) is 5.69 Å². The van der Waals surface area contributed by atoms with Gasteiger partial charge in [-0.25, -0.2) is 4.79 Å². The molecule has 0 atom stereocenters. The Bertz CT molecular complexity index is 888. The Morgan fingerprint density at radius 3 is 2.30 bits per heavy atom. The first-order valence-corrected chi connectivity index (χ1v) is 10.8. The maximum atomic E-state index is 12.2. The van der Waals surface area contributed by atoms with E-state index in [0.717, 1.165) is 30.4 Å². The van der Waals surface area contributed by atoms with E-state index in [-0.39, 0.29) is 11.2 Å². The van der Waals surface area contributed by atoms with Gasteiger partial charge in [-0.2, -0.15) is 0 Å². The summed E-state index contributed by atoms with van der Waals surface area (Å²) in [6.07, 6.45) is 4.46. The molecule has 0 radical (unpaired) electrons. The number of rotatable bonds is 5. The second-order valence-electron chi connectivity index (χ2n) is 8.55. The Kier molecular flexibility index (Phi) is 7.03. The highest BCUT2D eigenvalue weighted by molar-refractivity contribution is 6.34. The van der Waals surface area contributed by atoms with Crippen molar-refractivity contribution >= 4 is 29.2 Å². The largest absolute Gasteiger partial charge is 0.488 e. The van der Waals surface area contributed by atoms with Gasteiger partial charge in [0.2, 0.25) is 0 Å². The number of amides is 3. The molecular weight excluding hydrogens is 400 g/mol. The van der Waals surface area contributed by atoms with E-state index < -0.39 is 11.9 Å². The third-order valence-corrected chi connectivity index (χ3v) is 6.18. The summed E-state index contributed by atoms with van der Waals surface area (Å²) in [6.45, 7) is 6.75. The zero-order valence-corrected chi connectivity index (χ0v) is 18.5. The summed E-state index contributed by atoms with van der Waals surface area (Å²) in [5.74, 6) is 1.72. The first-order valence-electron chi connectivity index (χ1n) is 10.4. The van der Waals surface area contributed by atoms with Gasteiger partial charge in [0.15, 0.2) is 0 Å². The summed E-state index contributed by atoms with van der Waals surface area (Å²) in [5, 5.41) is 5.22. The number of imide groups is 1. The molecular formula is C24H29ClN2O3. The summed E-state index contributed by atoms with van der Waals surface area (Å²) < 4.78 is 6.27. The Labute approximate surface area is 183 Å². The van der Waals surface area contributed by atoms with Crippen molar-refractivity contribution in [1.82, 2.24) is 5.32 Å². The molecule has 0 aromatic heterocycles. The predicted octanol–water partition coefficient (Wildman–Crippen LogP) is 6.29. The van der Waals surface area contributed by atoms with E-state index in [2.05, 4.69) is 31.4 Å². The summed E-state index contributed by atoms with van der Waals surface area (Å²) >= 11 is 5.99. The number of hydrogen-bond donors (Lipinski definition) is 2. The topological polar surface area (TPSA) is 67.4 Å². The number of nitrogens with one attached hydrogen (secondary N) is 2. The molecule has 2 aromatic rings. The lowest BCUT2D eigenvalue weighted by atomic mass is 9.75. The van der Waals surface area contributed by atoms with Crippen LogP contribution in [0.15, 0.2) is 48.5 Å². The number of benzene rings is 2. The van der Waals surface area contributed by atoms with Crippen LogP contribution in [0, 0.1) is 11.8 Å². The minimum atomic E-state index is -0.618. The molecule has 1 aliphatic carbocycles. The molecule has 0 spiro atoms. The molecule has 3 amide bonds. The highest BCUT2D eigenvalue weighted by Crippen LogP contribution is 2.38. The molecule has 160 valence electrons. The van der Waals surface area contributed by atoms with Gasteiger partial charge in [0.1, 0.15) is 11.4 Å². The first-order chi connectivity index (χ1) is 14.3. The van der Waals surface area contributed by atoms with Gasteiger partial charge in [-0.1, -0.05) is 37.6 Å². The lowest BCUT2D eigenvalue weighted by Gasteiger charge is -2.39. The second-order valence-corrected chi connectivity index (χ2v) is 8.95. The van der Waals surface area contributed by atoms with Crippen LogP contribution in [-0.2, 0) is 0 Å². The van der Waals surface area contributed by atoms with E-state index in [9.17, 15) is 9.59 Å². The van der Waals surface area contributed by atoms with Crippen LogP contribution in [0.4, 0.5) is 10.5 Å². The fourth-order valence-corrected chi connectivity index (χ4v) is 4.11. The third kappa shape index (κ3) is 5.76. The molecule has 0 unspecified atom stereocenters. The van der Waals surface area contributed by atoms with Crippen molar-refractivity contribution in [3.8, 4) is 5.75 Å². The average Bonchev–Trinajstić information content (AvgIpc) is 2.70. The van der Waals surface area contributed by atoms with Crippen LogP contribution in [-0.4, -0.2) is 17.5 Å². The molecule has 0 saturated heterocycles. The van der Waals surface area contributed by atoms with Crippen molar-refractivity contribution in [3.63, 3.8) is 0 Å². The summed E-state index contributed by atoms with van der Waals surface area (Å²) in [7, 11) is 0. The molecule has 1 fully saturated rings. The van der Waals surface area contributed by atoms with Gasteiger partial charge in [0.25, 0.3) is 5.91 Å². The maximum Gasteiger partial charge on any atom is 0.326 e. The minimum absolute atomic E-state index is 0.154. The number of urea groups is 1. The molecule has 5 nitrogen and oxygen atoms in total. The van der Waals surface area contributed by atoms with Crippen LogP contribution in [0.2, 0.25) is 5.02 Å². The summed E-state index contributed by atoms with van der Waals surface area (Å²) in [4.78, 5) is 24.3. The van der Waals surface area contributed by atoms with Gasteiger partial charge in [-0.15, -0.1) is 0 Å². The summed E-state index contributed by atoms with van der Waals surface area (Å²) in [6, 6.07) is 13.2. The minimum Gasteiger partial charge on any atom is -0.488 e. The fraction of sp³-hybridized carbons (Fsp3) is 0.417. The number of ether oxygens (including phenoxy) is 1. The van der Waals surface area contributed by atoms with Crippen LogP contribution in [0.1, 0.15) is 56.8 Å². The number of carbonyl (C=O) groups is 2. The standard InChI is InChI=1S/C24H29ClN2O3/c1-16(2)17-12-14-24(3,15-13-17)30-19-10-8-18(9-11-19)26-23(29)27-22(28)20-6-4-5-7-21(20)25/h4-11,16-17H,12-15H2,1-3H3,(H2,26,27,28,29). The quantitative estimate of drug-likeness (QED) is 0.588. The zero-order chi connectivity index (χ0) is 21.7. The van der Waals surface area contributed by atoms with Gasteiger partial charge in [-0.05, 0) is 80.8 Å². The molecule has 30 heavy (non-hydrogen) atoms. The van der Waals surface area contributed by atoms with Crippen LogP contribution in [0.3, 0.4) is 0 Å². The van der Waals surface area contributed by atoms with Crippen molar-refractivity contribution in [1.29, 1.82) is 0 Å². The third-order valence-electron chi connectivity index (χ3n) is 5.85. The van der Waals surface area contributed by atoms with Crippen molar-refractivity contribution in [2.24, 2.45) is 11.8 Å². The highest BCUT2D eigenvalue weighted by Gasteiger charge is 2.33. The Morgan fingerprint density at radius 2 is 1.70 bits per heavy atom. The lowest BCUT2D eigenvalue weighted by molar-refractivity contribution is 0.0250. The molecule has 0 aliphatic heterocycles. The van der Waals surface area contributed by atoms with Gasteiger partial charge < -0.3 is 10.1 Å². The van der Waals surface area contributed by atoms with Crippen LogP contribution < -0.4 is 15.4 Å². The van der Waals surface area contributed by atoms with Gasteiger partial charge in [-0.3, -0.25) is 10.1 Å². The van der Waals surface area contributed by atoms with Crippen LogP contribution >= 0.6 is 11.6 Å². The Morgan fingerprint density at radius 1 is 1.07 bits per heavy atom. The molecule has 2 N–H and O–H groups in total. The number of halogens is 1. The van der Waals surface area contributed by atoms with Crippen molar-refractivity contribution in [2.75, 3.05) is 5.32 Å². The van der Waals surface area contributed by atoms with Gasteiger partial charge in [0.05, 0.1) is 10.6 Å². The molecule has 0 heterocycles. The summed E-state index contributed by atoms with van der Waals surface area (Å²) in [5.41, 5.74) is 0.665. The zero-order valence-electron chi connectivity index (χ0n) is 17.7. The van der Waals surface area contributed by atoms with E-state index in [0.29, 0.717) is 10.7 Å².